The number of carbonyl (C=O) groups is 1. The Morgan fingerprint density at radius 1 is 1.50 bits per heavy atom. The summed E-state index contributed by atoms with van der Waals surface area (Å²) in [6.45, 7) is 3.90. The zero-order valence-electron chi connectivity index (χ0n) is 11.1. The quantitative estimate of drug-likeness (QED) is 0.662. The lowest BCUT2D eigenvalue weighted by Crippen LogP contribution is -2.16. The van der Waals surface area contributed by atoms with Crippen molar-refractivity contribution in [3.63, 3.8) is 0 Å². The number of aromatic nitrogens is 1. The van der Waals surface area contributed by atoms with E-state index in [1.807, 2.05) is 30.8 Å². The second-order valence-corrected chi connectivity index (χ2v) is 5.21. The summed E-state index contributed by atoms with van der Waals surface area (Å²) >= 11 is 0. The first-order valence-corrected chi connectivity index (χ1v) is 6.62. The van der Waals surface area contributed by atoms with Crippen molar-refractivity contribution in [2.45, 2.75) is 58.3 Å². The van der Waals surface area contributed by atoms with Crippen LogP contribution in [-0.2, 0) is 22.5 Å². The largest absolute Gasteiger partial charge is 0.462 e. The highest BCUT2D eigenvalue weighted by molar-refractivity contribution is 5.69. The zero-order chi connectivity index (χ0) is 13.1. The number of aryl methyl sites for hydroxylation is 1. The molecule has 0 saturated carbocycles. The van der Waals surface area contributed by atoms with E-state index in [2.05, 4.69) is 0 Å². The van der Waals surface area contributed by atoms with E-state index in [1.165, 1.54) is 0 Å². The van der Waals surface area contributed by atoms with Crippen LogP contribution in [0.15, 0.2) is 12.4 Å². The maximum atomic E-state index is 11.6. The molecule has 1 aromatic rings. The van der Waals surface area contributed by atoms with Gasteiger partial charge in [0.2, 0.25) is 0 Å². The molecule has 1 aromatic heterocycles. The molecule has 0 radical (unpaired) electrons. The lowest BCUT2D eigenvalue weighted by Gasteiger charge is -2.08. The van der Waals surface area contributed by atoms with Crippen molar-refractivity contribution in [2.24, 2.45) is 0 Å². The van der Waals surface area contributed by atoms with Crippen molar-refractivity contribution in [3.05, 3.63) is 23.5 Å². The molecule has 4 nitrogen and oxygen atoms in total. The molecule has 1 unspecified atom stereocenters. The van der Waals surface area contributed by atoms with Crippen LogP contribution in [0.1, 0.15) is 50.3 Å². The molecule has 1 atom stereocenters. The number of hydrogen-bond acceptors (Lipinski definition) is 3. The number of nitrogens with zero attached hydrogens (tertiary/aromatic N) is 1. The zero-order valence-corrected chi connectivity index (χ0v) is 11.1. The topological polar surface area (TPSA) is 51.5 Å². The second-order valence-electron chi connectivity index (χ2n) is 5.21. The van der Waals surface area contributed by atoms with E-state index in [0.717, 1.165) is 36.8 Å². The van der Waals surface area contributed by atoms with Gasteiger partial charge in [0.05, 0.1) is 12.2 Å². The molecule has 4 heteroatoms. The van der Waals surface area contributed by atoms with Gasteiger partial charge in [-0.3, -0.25) is 4.79 Å². The van der Waals surface area contributed by atoms with Crippen LogP contribution in [0.3, 0.4) is 0 Å². The third kappa shape index (κ3) is 3.13. The number of ether oxygens (including phenoxy) is 1. The maximum absolute atomic E-state index is 11.6. The lowest BCUT2D eigenvalue weighted by molar-refractivity contribution is -0.148. The van der Waals surface area contributed by atoms with Crippen LogP contribution in [0, 0.1) is 0 Å². The third-order valence-corrected chi connectivity index (χ3v) is 3.21. The van der Waals surface area contributed by atoms with Crippen LogP contribution in [0.5, 0.6) is 0 Å². The van der Waals surface area contributed by atoms with Gasteiger partial charge in [-0.25, -0.2) is 0 Å². The summed E-state index contributed by atoms with van der Waals surface area (Å²) < 4.78 is 6.94. The van der Waals surface area contributed by atoms with Crippen molar-refractivity contribution in [3.8, 4) is 0 Å². The predicted molar refractivity (Wildman–Crippen MR) is 68.2 cm³/mol. The number of hydrogen-bond donors (Lipinski definition) is 1. The van der Waals surface area contributed by atoms with Gasteiger partial charge < -0.3 is 14.4 Å². The molecule has 0 spiro atoms. The lowest BCUT2D eigenvalue weighted by atomic mass is 10.1. The van der Waals surface area contributed by atoms with Crippen molar-refractivity contribution in [2.75, 3.05) is 0 Å². The highest BCUT2D eigenvalue weighted by Gasteiger charge is 2.19. The molecule has 100 valence electrons. The summed E-state index contributed by atoms with van der Waals surface area (Å²) in [5.41, 5.74) is 2.14. The Morgan fingerprint density at radius 2 is 2.28 bits per heavy atom. The van der Waals surface area contributed by atoms with Crippen molar-refractivity contribution in [1.82, 2.24) is 4.57 Å². The summed E-state index contributed by atoms with van der Waals surface area (Å²) in [7, 11) is 0. The van der Waals surface area contributed by atoms with E-state index < -0.39 is 0 Å². The van der Waals surface area contributed by atoms with Crippen LogP contribution in [-0.4, -0.2) is 21.7 Å². The molecule has 1 heterocycles. The Bertz CT molecular complexity index is 423. The van der Waals surface area contributed by atoms with Crippen LogP contribution < -0.4 is 0 Å². The van der Waals surface area contributed by atoms with Crippen molar-refractivity contribution < 1.29 is 14.6 Å². The fourth-order valence-electron chi connectivity index (χ4n) is 2.43. The Morgan fingerprint density at radius 3 is 3.00 bits per heavy atom. The van der Waals surface area contributed by atoms with E-state index in [0.29, 0.717) is 0 Å². The number of aliphatic hydroxyl groups excluding tert-OH is 1. The summed E-state index contributed by atoms with van der Waals surface area (Å²) in [4.78, 5) is 11.6. The van der Waals surface area contributed by atoms with Gasteiger partial charge in [-0.2, -0.15) is 0 Å². The molecule has 0 saturated heterocycles. The molecule has 1 aliphatic carbocycles. The molecule has 0 fully saturated rings. The van der Waals surface area contributed by atoms with Gasteiger partial charge in [0.1, 0.15) is 6.54 Å². The Hall–Kier alpha value is -1.29. The standard InChI is InChI=1S/C14H21NO3/c1-10(2)18-14(17)9-15-7-11-5-3-4-6-13(16)12(11)8-15/h7-8,10,13,16H,3-6,9H2,1-2H3. The first-order valence-electron chi connectivity index (χ1n) is 6.62. The Kier molecular flexibility index (Phi) is 4.07. The number of aliphatic hydroxyl groups is 1. The average Bonchev–Trinajstić information content (AvgIpc) is 2.58. The number of esters is 1. The molecule has 0 aromatic carbocycles. The van der Waals surface area contributed by atoms with Gasteiger partial charge in [-0.15, -0.1) is 0 Å². The maximum Gasteiger partial charge on any atom is 0.326 e. The SMILES string of the molecule is CC(C)OC(=O)Cn1cc2c(c1)C(O)CCCC2. The monoisotopic (exact) mass is 251 g/mol. The van der Waals surface area contributed by atoms with Crippen molar-refractivity contribution >= 4 is 5.97 Å². The molecule has 1 aliphatic rings. The van der Waals surface area contributed by atoms with E-state index in [9.17, 15) is 9.90 Å². The smallest absolute Gasteiger partial charge is 0.326 e. The van der Waals surface area contributed by atoms with Crippen LogP contribution in [0.2, 0.25) is 0 Å². The number of rotatable bonds is 3. The summed E-state index contributed by atoms with van der Waals surface area (Å²) in [5.74, 6) is -0.232. The predicted octanol–water partition coefficient (Wildman–Crippen LogP) is 2.20. The molecule has 18 heavy (non-hydrogen) atoms. The van der Waals surface area contributed by atoms with Crippen molar-refractivity contribution in [1.29, 1.82) is 0 Å². The minimum Gasteiger partial charge on any atom is -0.462 e. The molecule has 2 rings (SSSR count). The van der Waals surface area contributed by atoms with Gasteiger partial charge in [0, 0.05) is 18.0 Å². The third-order valence-electron chi connectivity index (χ3n) is 3.21. The van der Waals surface area contributed by atoms with Gasteiger partial charge in [0.15, 0.2) is 0 Å². The normalized spacial score (nSPS) is 19.4. The van der Waals surface area contributed by atoms with E-state index in [-0.39, 0.29) is 24.7 Å². The number of fused-ring (bicyclic) bond motifs is 1. The minimum absolute atomic E-state index is 0.0866. The van der Waals surface area contributed by atoms with E-state index in [1.54, 1.807) is 0 Å². The molecular formula is C14H21NO3. The summed E-state index contributed by atoms with van der Waals surface area (Å²) in [5, 5.41) is 10.0. The van der Waals surface area contributed by atoms with E-state index >= 15 is 0 Å². The summed E-state index contributed by atoms with van der Waals surface area (Å²) in [6.07, 6.45) is 7.33. The van der Waals surface area contributed by atoms with Crippen LogP contribution in [0.4, 0.5) is 0 Å². The average molecular weight is 251 g/mol. The van der Waals surface area contributed by atoms with Gasteiger partial charge in [-0.1, -0.05) is 6.42 Å². The van der Waals surface area contributed by atoms with E-state index in [4.69, 9.17) is 4.74 Å². The molecule has 0 aliphatic heterocycles. The first kappa shape index (κ1) is 13.1. The van der Waals surface area contributed by atoms with Gasteiger partial charge in [-0.05, 0) is 38.7 Å². The fourth-order valence-corrected chi connectivity index (χ4v) is 2.43. The fraction of sp³-hybridized carbons (Fsp3) is 0.643. The van der Waals surface area contributed by atoms with Gasteiger partial charge >= 0.3 is 5.97 Å². The molecule has 1 N–H and O–H groups in total. The summed E-state index contributed by atoms with van der Waals surface area (Å²) in [6, 6.07) is 0. The highest BCUT2D eigenvalue weighted by Crippen LogP contribution is 2.29. The second kappa shape index (κ2) is 5.57. The highest BCUT2D eigenvalue weighted by atomic mass is 16.5. The first-order chi connectivity index (χ1) is 8.56. The minimum atomic E-state index is -0.384. The number of carbonyl (C=O) groups excluding carboxylic acids is 1. The Labute approximate surface area is 108 Å². The Balaban J connectivity index is 2.07. The molecular weight excluding hydrogens is 230 g/mol. The van der Waals surface area contributed by atoms with Crippen LogP contribution >= 0.6 is 0 Å². The van der Waals surface area contributed by atoms with Crippen LogP contribution in [0.25, 0.3) is 0 Å². The van der Waals surface area contributed by atoms with Gasteiger partial charge in [0.25, 0.3) is 0 Å². The molecule has 0 amide bonds. The molecule has 0 bridgehead atoms.